The second-order valence-electron chi connectivity index (χ2n) is 6.31. The number of nitrogens with zero attached hydrogens (tertiary/aromatic N) is 2. The summed E-state index contributed by atoms with van der Waals surface area (Å²) >= 11 is 6.19. The molecule has 3 aromatic rings. The van der Waals surface area contributed by atoms with Crippen LogP contribution in [0.4, 0.5) is 17.1 Å². The van der Waals surface area contributed by atoms with Gasteiger partial charge in [0.15, 0.2) is 0 Å². The van der Waals surface area contributed by atoms with Crippen molar-refractivity contribution in [3.63, 3.8) is 0 Å². The van der Waals surface area contributed by atoms with Gasteiger partial charge in [0.2, 0.25) is 0 Å². The van der Waals surface area contributed by atoms with Gasteiger partial charge in [-0.1, -0.05) is 17.7 Å². The van der Waals surface area contributed by atoms with Crippen LogP contribution in [-0.2, 0) is 0 Å². The Bertz CT molecular complexity index is 969. The van der Waals surface area contributed by atoms with E-state index in [0.29, 0.717) is 22.0 Å². The lowest BCUT2D eigenvalue weighted by Crippen LogP contribution is -2.21. The van der Waals surface area contributed by atoms with Gasteiger partial charge in [-0.2, -0.15) is 0 Å². The van der Waals surface area contributed by atoms with Crippen LogP contribution in [0.1, 0.15) is 24.2 Å². The van der Waals surface area contributed by atoms with Crippen LogP contribution >= 0.6 is 11.6 Å². The number of nitrogens with one attached hydrogen (secondary N) is 1. The zero-order valence-electron chi connectivity index (χ0n) is 15.9. The van der Waals surface area contributed by atoms with E-state index >= 15 is 0 Å². The highest BCUT2D eigenvalue weighted by Crippen LogP contribution is 2.28. The van der Waals surface area contributed by atoms with E-state index in [4.69, 9.17) is 17.3 Å². The Labute approximate surface area is 170 Å². The number of hydrogen-bond acceptors (Lipinski definition) is 4. The zero-order chi connectivity index (χ0) is 20.1. The number of pyridine rings is 1. The van der Waals surface area contributed by atoms with Crippen molar-refractivity contribution in [2.75, 3.05) is 29.0 Å². The number of carbonyl (C=O) groups is 1. The largest absolute Gasteiger partial charge is 0.398 e. The molecule has 3 rings (SSSR count). The minimum Gasteiger partial charge on any atom is -0.398 e. The van der Waals surface area contributed by atoms with Crippen LogP contribution in [0.3, 0.4) is 0 Å². The summed E-state index contributed by atoms with van der Waals surface area (Å²) in [6.45, 7) is 6.10. The summed E-state index contributed by atoms with van der Waals surface area (Å²) in [5.74, 6) is -0.258. The van der Waals surface area contributed by atoms with E-state index in [9.17, 15) is 4.79 Å². The Balaban J connectivity index is 1.77. The van der Waals surface area contributed by atoms with Gasteiger partial charge in [0.05, 0.1) is 16.3 Å². The predicted molar refractivity (Wildman–Crippen MR) is 117 cm³/mol. The number of anilines is 3. The molecule has 0 aliphatic rings. The van der Waals surface area contributed by atoms with Gasteiger partial charge in [-0.25, -0.2) is 0 Å². The molecule has 0 saturated heterocycles. The molecule has 144 valence electrons. The van der Waals surface area contributed by atoms with E-state index < -0.39 is 0 Å². The van der Waals surface area contributed by atoms with Gasteiger partial charge in [-0.3, -0.25) is 9.78 Å². The highest BCUT2D eigenvalue weighted by Gasteiger charge is 2.13. The number of amides is 1. The molecule has 0 aliphatic carbocycles. The van der Waals surface area contributed by atoms with Crippen molar-refractivity contribution in [3.05, 3.63) is 71.4 Å². The average Bonchev–Trinajstić information content (AvgIpc) is 2.70. The Kier molecular flexibility index (Phi) is 6.16. The topological polar surface area (TPSA) is 71.2 Å². The fourth-order valence-electron chi connectivity index (χ4n) is 3.06. The molecule has 1 heterocycles. The molecule has 28 heavy (non-hydrogen) atoms. The number of carbonyl (C=O) groups excluding carboxylic acids is 1. The molecule has 1 amide bonds. The maximum atomic E-state index is 12.6. The van der Waals surface area contributed by atoms with Crippen LogP contribution in [0.2, 0.25) is 5.02 Å². The quantitative estimate of drug-likeness (QED) is 0.571. The molecule has 3 N–H and O–H groups in total. The highest BCUT2D eigenvalue weighted by atomic mass is 35.5. The van der Waals surface area contributed by atoms with E-state index in [-0.39, 0.29) is 5.91 Å². The Morgan fingerprint density at radius 3 is 2.43 bits per heavy atom. The monoisotopic (exact) mass is 394 g/mol. The first-order valence-corrected chi connectivity index (χ1v) is 9.58. The molecule has 5 nitrogen and oxygen atoms in total. The molecule has 6 heteroatoms. The number of hydrogen-bond donors (Lipinski definition) is 2. The molecule has 0 spiro atoms. The Morgan fingerprint density at radius 1 is 1.11 bits per heavy atom. The molecule has 0 saturated carbocycles. The predicted octanol–water partition coefficient (Wildman–Crippen LogP) is 5.08. The van der Waals surface area contributed by atoms with Gasteiger partial charge < -0.3 is 16.0 Å². The normalized spacial score (nSPS) is 10.5. The lowest BCUT2D eigenvalue weighted by Gasteiger charge is -2.21. The SMILES string of the molecule is CCN(CC)c1ccc(NC(=O)c2ccc(-c3ncccc3Cl)cc2N)cc1. The highest BCUT2D eigenvalue weighted by molar-refractivity contribution is 6.33. The number of aromatic nitrogens is 1. The van der Waals surface area contributed by atoms with Crippen molar-refractivity contribution in [2.45, 2.75) is 13.8 Å². The van der Waals surface area contributed by atoms with E-state index in [1.165, 1.54) is 0 Å². The lowest BCUT2D eigenvalue weighted by atomic mass is 10.1. The summed E-state index contributed by atoms with van der Waals surface area (Å²) in [5.41, 5.74) is 10.1. The van der Waals surface area contributed by atoms with Crippen LogP contribution in [-0.4, -0.2) is 24.0 Å². The lowest BCUT2D eigenvalue weighted by molar-refractivity contribution is 0.102. The molecule has 2 aromatic carbocycles. The molecular weight excluding hydrogens is 372 g/mol. The molecule has 0 radical (unpaired) electrons. The summed E-state index contributed by atoms with van der Waals surface area (Å²) in [6.07, 6.45) is 1.67. The van der Waals surface area contributed by atoms with Crippen molar-refractivity contribution >= 4 is 34.6 Å². The van der Waals surface area contributed by atoms with Crippen LogP contribution < -0.4 is 16.0 Å². The van der Waals surface area contributed by atoms with Gasteiger partial charge in [0, 0.05) is 41.9 Å². The first-order valence-electron chi connectivity index (χ1n) is 9.20. The van der Waals surface area contributed by atoms with E-state index in [1.54, 1.807) is 36.5 Å². The second-order valence-corrected chi connectivity index (χ2v) is 6.72. The average molecular weight is 395 g/mol. The van der Waals surface area contributed by atoms with Gasteiger partial charge in [-0.15, -0.1) is 0 Å². The Hall–Kier alpha value is -3.05. The molecular formula is C22H23ClN4O. The number of rotatable bonds is 6. The third-order valence-electron chi connectivity index (χ3n) is 4.58. The maximum Gasteiger partial charge on any atom is 0.257 e. The zero-order valence-corrected chi connectivity index (χ0v) is 16.7. The smallest absolute Gasteiger partial charge is 0.257 e. The fraction of sp³-hybridized carbons (Fsp3) is 0.182. The Morgan fingerprint density at radius 2 is 1.82 bits per heavy atom. The van der Waals surface area contributed by atoms with Gasteiger partial charge in [-0.05, 0) is 62.4 Å². The minimum atomic E-state index is -0.258. The summed E-state index contributed by atoms with van der Waals surface area (Å²) in [7, 11) is 0. The summed E-state index contributed by atoms with van der Waals surface area (Å²) in [4.78, 5) is 19.2. The number of nitrogens with two attached hydrogens (primary N) is 1. The first-order chi connectivity index (χ1) is 13.5. The standard InChI is InChI=1S/C22H23ClN4O/c1-3-27(4-2)17-10-8-16(9-11-17)26-22(28)18-12-7-15(14-20(18)24)21-19(23)6-5-13-25-21/h5-14H,3-4,24H2,1-2H3,(H,26,28). The molecule has 0 bridgehead atoms. The van der Waals surface area contributed by atoms with Gasteiger partial charge in [0.1, 0.15) is 0 Å². The first kappa shape index (κ1) is 19.7. The van der Waals surface area contributed by atoms with E-state index in [1.807, 2.05) is 24.3 Å². The molecule has 0 unspecified atom stereocenters. The minimum absolute atomic E-state index is 0.258. The molecule has 1 aromatic heterocycles. The number of nitrogen functional groups attached to an aromatic ring is 1. The van der Waals surface area contributed by atoms with Gasteiger partial charge >= 0.3 is 0 Å². The van der Waals surface area contributed by atoms with Gasteiger partial charge in [0.25, 0.3) is 5.91 Å². The van der Waals surface area contributed by atoms with E-state index in [0.717, 1.165) is 30.0 Å². The van der Waals surface area contributed by atoms with E-state index in [2.05, 4.69) is 29.0 Å². The van der Waals surface area contributed by atoms with Crippen molar-refractivity contribution in [1.82, 2.24) is 4.98 Å². The van der Waals surface area contributed by atoms with Crippen LogP contribution in [0.15, 0.2) is 60.8 Å². The maximum absolute atomic E-state index is 12.6. The molecule has 0 aliphatic heterocycles. The van der Waals surface area contributed by atoms with Crippen molar-refractivity contribution in [2.24, 2.45) is 0 Å². The van der Waals surface area contributed by atoms with Crippen molar-refractivity contribution in [3.8, 4) is 11.3 Å². The molecule has 0 fully saturated rings. The number of benzene rings is 2. The van der Waals surface area contributed by atoms with Crippen molar-refractivity contribution < 1.29 is 4.79 Å². The summed E-state index contributed by atoms with van der Waals surface area (Å²) < 4.78 is 0. The summed E-state index contributed by atoms with van der Waals surface area (Å²) in [6, 6.07) is 16.5. The molecule has 0 atom stereocenters. The third-order valence-corrected chi connectivity index (χ3v) is 4.89. The second kappa shape index (κ2) is 8.76. The number of halogens is 1. The fourth-order valence-corrected chi connectivity index (χ4v) is 3.29. The van der Waals surface area contributed by atoms with Crippen LogP contribution in [0.5, 0.6) is 0 Å². The van der Waals surface area contributed by atoms with Crippen molar-refractivity contribution in [1.29, 1.82) is 0 Å². The van der Waals surface area contributed by atoms with Crippen LogP contribution in [0.25, 0.3) is 11.3 Å². The summed E-state index contributed by atoms with van der Waals surface area (Å²) in [5, 5.41) is 3.43. The third kappa shape index (κ3) is 4.26. The van der Waals surface area contributed by atoms with Crippen LogP contribution in [0, 0.1) is 0 Å².